The molecule has 2 atom stereocenters. The number of nitrogens with zero attached hydrogens (tertiary/aromatic N) is 1. The first-order valence-corrected chi connectivity index (χ1v) is 4.82. The van der Waals surface area contributed by atoms with Crippen LogP contribution in [0.3, 0.4) is 0 Å². The van der Waals surface area contributed by atoms with Crippen LogP contribution in [0.1, 0.15) is 37.9 Å². The molecule has 1 N–H and O–H groups in total. The van der Waals surface area contributed by atoms with Gasteiger partial charge in [-0.2, -0.15) is 0 Å². The molecule has 0 bridgehead atoms. The van der Waals surface area contributed by atoms with Gasteiger partial charge in [-0.25, -0.2) is 4.98 Å². The summed E-state index contributed by atoms with van der Waals surface area (Å²) in [7, 11) is 0. The standard InChI is InChI=1S/C10H14N2O/c1-7-3-2-4-8(7)10-11-6-5-9(13)12-10/h5-8H,2-4H2,1H3,(H,11,12,13). The van der Waals surface area contributed by atoms with Crippen LogP contribution >= 0.6 is 0 Å². The fourth-order valence-corrected chi connectivity index (χ4v) is 2.13. The van der Waals surface area contributed by atoms with Crippen molar-refractivity contribution in [1.82, 2.24) is 9.97 Å². The molecular formula is C10H14N2O. The number of H-pyrrole nitrogens is 1. The van der Waals surface area contributed by atoms with Crippen molar-refractivity contribution >= 4 is 0 Å². The van der Waals surface area contributed by atoms with Gasteiger partial charge in [0.1, 0.15) is 5.82 Å². The van der Waals surface area contributed by atoms with E-state index in [1.807, 2.05) is 0 Å². The van der Waals surface area contributed by atoms with E-state index in [-0.39, 0.29) is 5.56 Å². The Morgan fingerprint density at radius 3 is 3.00 bits per heavy atom. The molecule has 0 amide bonds. The molecule has 70 valence electrons. The van der Waals surface area contributed by atoms with Gasteiger partial charge in [-0.15, -0.1) is 0 Å². The summed E-state index contributed by atoms with van der Waals surface area (Å²) in [5, 5.41) is 0. The Morgan fingerprint density at radius 2 is 2.38 bits per heavy atom. The lowest BCUT2D eigenvalue weighted by Gasteiger charge is -2.12. The second kappa shape index (κ2) is 3.32. The highest BCUT2D eigenvalue weighted by Crippen LogP contribution is 2.36. The zero-order valence-corrected chi connectivity index (χ0v) is 7.79. The van der Waals surface area contributed by atoms with E-state index in [0.29, 0.717) is 11.8 Å². The molecule has 2 unspecified atom stereocenters. The van der Waals surface area contributed by atoms with Gasteiger partial charge in [0.2, 0.25) is 0 Å². The van der Waals surface area contributed by atoms with Gasteiger partial charge in [0.15, 0.2) is 0 Å². The van der Waals surface area contributed by atoms with Crippen molar-refractivity contribution in [2.45, 2.75) is 32.1 Å². The third-order valence-electron chi connectivity index (χ3n) is 2.90. The SMILES string of the molecule is CC1CCCC1c1nccc(=O)[nH]1. The molecule has 13 heavy (non-hydrogen) atoms. The number of hydrogen-bond acceptors (Lipinski definition) is 2. The summed E-state index contributed by atoms with van der Waals surface area (Å²) in [5.74, 6) is 2.00. The summed E-state index contributed by atoms with van der Waals surface area (Å²) in [6.07, 6.45) is 5.26. The van der Waals surface area contributed by atoms with Gasteiger partial charge in [-0.05, 0) is 18.8 Å². The van der Waals surface area contributed by atoms with Gasteiger partial charge in [-0.3, -0.25) is 4.79 Å². The Bertz CT molecular complexity index is 345. The van der Waals surface area contributed by atoms with E-state index < -0.39 is 0 Å². The normalized spacial score (nSPS) is 27.8. The van der Waals surface area contributed by atoms with Crippen LogP contribution in [-0.4, -0.2) is 9.97 Å². The number of aromatic amines is 1. The highest BCUT2D eigenvalue weighted by atomic mass is 16.1. The van der Waals surface area contributed by atoms with Gasteiger partial charge < -0.3 is 4.98 Å². The van der Waals surface area contributed by atoms with Gasteiger partial charge in [-0.1, -0.05) is 13.3 Å². The van der Waals surface area contributed by atoms with Crippen LogP contribution in [0.15, 0.2) is 17.1 Å². The average molecular weight is 178 g/mol. The van der Waals surface area contributed by atoms with Crippen molar-refractivity contribution < 1.29 is 0 Å². The first-order valence-electron chi connectivity index (χ1n) is 4.82. The molecule has 3 heteroatoms. The van der Waals surface area contributed by atoms with Crippen molar-refractivity contribution in [3.8, 4) is 0 Å². The first-order chi connectivity index (χ1) is 6.27. The monoisotopic (exact) mass is 178 g/mol. The zero-order chi connectivity index (χ0) is 9.26. The van der Waals surface area contributed by atoms with E-state index in [0.717, 1.165) is 12.2 Å². The molecule has 1 aromatic rings. The third-order valence-corrected chi connectivity index (χ3v) is 2.90. The topological polar surface area (TPSA) is 45.8 Å². The van der Waals surface area contributed by atoms with Crippen molar-refractivity contribution in [2.24, 2.45) is 5.92 Å². The predicted molar refractivity (Wildman–Crippen MR) is 50.6 cm³/mol. The Hall–Kier alpha value is -1.12. The van der Waals surface area contributed by atoms with Crippen LogP contribution in [0.4, 0.5) is 0 Å². The summed E-state index contributed by atoms with van der Waals surface area (Å²) in [6.45, 7) is 2.23. The van der Waals surface area contributed by atoms with Crippen LogP contribution in [0, 0.1) is 5.92 Å². The summed E-state index contributed by atoms with van der Waals surface area (Å²) in [4.78, 5) is 18.1. The van der Waals surface area contributed by atoms with Gasteiger partial charge in [0, 0.05) is 18.2 Å². The number of rotatable bonds is 1. The van der Waals surface area contributed by atoms with Crippen LogP contribution in [0.5, 0.6) is 0 Å². The summed E-state index contributed by atoms with van der Waals surface area (Å²) in [6, 6.07) is 1.46. The highest BCUT2D eigenvalue weighted by molar-refractivity contribution is 5.01. The number of aromatic nitrogens is 2. The van der Waals surface area contributed by atoms with E-state index in [1.54, 1.807) is 6.20 Å². The Balaban J connectivity index is 2.29. The fraction of sp³-hybridized carbons (Fsp3) is 0.600. The van der Waals surface area contributed by atoms with E-state index in [9.17, 15) is 4.79 Å². The summed E-state index contributed by atoms with van der Waals surface area (Å²) in [5.41, 5.74) is -0.0379. The molecule has 2 rings (SSSR count). The van der Waals surface area contributed by atoms with Crippen LogP contribution < -0.4 is 5.56 Å². The molecule has 1 aliphatic carbocycles. The Kier molecular flexibility index (Phi) is 2.17. The largest absolute Gasteiger partial charge is 0.310 e. The second-order valence-electron chi connectivity index (χ2n) is 3.83. The van der Waals surface area contributed by atoms with E-state index in [2.05, 4.69) is 16.9 Å². The molecule has 0 aliphatic heterocycles. The molecule has 1 fully saturated rings. The van der Waals surface area contributed by atoms with Crippen LogP contribution in [0.25, 0.3) is 0 Å². The van der Waals surface area contributed by atoms with Crippen molar-refractivity contribution in [2.75, 3.05) is 0 Å². The lowest BCUT2D eigenvalue weighted by molar-refractivity contribution is 0.508. The van der Waals surface area contributed by atoms with Crippen molar-refractivity contribution in [3.63, 3.8) is 0 Å². The van der Waals surface area contributed by atoms with Crippen LogP contribution in [-0.2, 0) is 0 Å². The minimum absolute atomic E-state index is 0.0379. The maximum Gasteiger partial charge on any atom is 0.250 e. The molecule has 1 heterocycles. The molecule has 0 spiro atoms. The molecule has 0 saturated heterocycles. The highest BCUT2D eigenvalue weighted by Gasteiger charge is 2.26. The Labute approximate surface area is 77.2 Å². The quantitative estimate of drug-likeness (QED) is 0.711. The molecule has 0 aromatic carbocycles. The van der Waals surface area contributed by atoms with E-state index in [1.165, 1.54) is 18.9 Å². The Morgan fingerprint density at radius 1 is 1.54 bits per heavy atom. The summed E-state index contributed by atoms with van der Waals surface area (Å²) >= 11 is 0. The average Bonchev–Trinajstić information content (AvgIpc) is 2.51. The number of hydrogen-bond donors (Lipinski definition) is 1. The van der Waals surface area contributed by atoms with Crippen molar-refractivity contribution in [3.05, 3.63) is 28.4 Å². The van der Waals surface area contributed by atoms with E-state index >= 15 is 0 Å². The molecule has 1 aromatic heterocycles. The second-order valence-corrected chi connectivity index (χ2v) is 3.83. The zero-order valence-electron chi connectivity index (χ0n) is 7.79. The first kappa shape index (κ1) is 8.48. The number of nitrogens with one attached hydrogen (secondary N) is 1. The van der Waals surface area contributed by atoms with Crippen molar-refractivity contribution in [1.29, 1.82) is 0 Å². The van der Waals surface area contributed by atoms with Gasteiger partial charge >= 0.3 is 0 Å². The molecule has 3 nitrogen and oxygen atoms in total. The minimum atomic E-state index is -0.0379. The molecule has 0 radical (unpaired) electrons. The molecule has 1 aliphatic rings. The minimum Gasteiger partial charge on any atom is -0.310 e. The maximum absolute atomic E-state index is 11.1. The van der Waals surface area contributed by atoms with E-state index in [4.69, 9.17) is 0 Å². The summed E-state index contributed by atoms with van der Waals surface area (Å²) < 4.78 is 0. The maximum atomic E-state index is 11.1. The van der Waals surface area contributed by atoms with Gasteiger partial charge in [0.05, 0.1) is 0 Å². The van der Waals surface area contributed by atoms with Gasteiger partial charge in [0.25, 0.3) is 5.56 Å². The lowest BCUT2D eigenvalue weighted by Crippen LogP contribution is -2.14. The smallest absolute Gasteiger partial charge is 0.250 e. The van der Waals surface area contributed by atoms with Crippen LogP contribution in [0.2, 0.25) is 0 Å². The molecule has 1 saturated carbocycles. The third kappa shape index (κ3) is 1.64. The fourth-order valence-electron chi connectivity index (χ4n) is 2.13. The predicted octanol–water partition coefficient (Wildman–Crippen LogP) is 1.67. The molecular weight excluding hydrogens is 164 g/mol. The lowest BCUT2D eigenvalue weighted by atomic mass is 9.97.